The fourth-order valence-electron chi connectivity index (χ4n) is 3.51. The number of sulfonamides is 1. The van der Waals surface area contributed by atoms with Gasteiger partial charge in [0.15, 0.2) is 0 Å². The highest BCUT2D eigenvalue weighted by molar-refractivity contribution is 7.92. The molecule has 0 radical (unpaired) electrons. The number of hydrogen-bond acceptors (Lipinski definition) is 5. The first-order valence-corrected chi connectivity index (χ1v) is 12.2. The lowest BCUT2D eigenvalue weighted by Gasteiger charge is -2.24. The van der Waals surface area contributed by atoms with E-state index in [0.29, 0.717) is 16.0 Å². The average Bonchev–Trinajstić information content (AvgIpc) is 3.21. The predicted octanol–water partition coefficient (Wildman–Crippen LogP) is 5.44. The van der Waals surface area contributed by atoms with Crippen LogP contribution in [0.2, 0.25) is 10.0 Å². The zero-order valence-corrected chi connectivity index (χ0v) is 19.3. The van der Waals surface area contributed by atoms with E-state index in [0.717, 1.165) is 16.8 Å². The van der Waals surface area contributed by atoms with Crippen molar-refractivity contribution in [3.8, 4) is 0 Å². The Bertz CT molecular complexity index is 1430. The Morgan fingerprint density at radius 2 is 1.52 bits per heavy atom. The number of allylic oxidation sites excluding steroid dienone is 1. The van der Waals surface area contributed by atoms with Gasteiger partial charge in [0, 0.05) is 15.7 Å². The summed E-state index contributed by atoms with van der Waals surface area (Å²) in [7, 11) is -3.89. The third kappa shape index (κ3) is 4.45. The summed E-state index contributed by atoms with van der Waals surface area (Å²) in [5, 5.41) is 8.75. The van der Waals surface area contributed by atoms with Crippen LogP contribution < -0.4 is 10.0 Å². The Hall–Kier alpha value is -3.33. The topological polar surface area (TPSA) is 88.9 Å². The van der Waals surface area contributed by atoms with Crippen LogP contribution in [0.5, 0.6) is 0 Å². The van der Waals surface area contributed by atoms with Gasteiger partial charge >= 0.3 is 0 Å². The molecule has 5 rings (SSSR count). The highest BCUT2D eigenvalue weighted by atomic mass is 35.5. The highest BCUT2D eigenvalue weighted by Crippen LogP contribution is 2.34. The Kier molecular flexibility index (Phi) is 5.57. The minimum Gasteiger partial charge on any atom is -0.324 e. The molecule has 1 atom stereocenters. The lowest BCUT2D eigenvalue weighted by Crippen LogP contribution is -2.20. The van der Waals surface area contributed by atoms with Gasteiger partial charge in [-0.15, -0.1) is 5.10 Å². The summed E-state index contributed by atoms with van der Waals surface area (Å²) in [5.74, 6) is 0.360. The van der Waals surface area contributed by atoms with Gasteiger partial charge in [-0.1, -0.05) is 65.7 Å². The Labute approximate surface area is 200 Å². The van der Waals surface area contributed by atoms with Gasteiger partial charge in [0.25, 0.3) is 16.0 Å². The van der Waals surface area contributed by atoms with Crippen LogP contribution >= 0.6 is 23.2 Å². The van der Waals surface area contributed by atoms with Crippen molar-refractivity contribution in [3.63, 3.8) is 0 Å². The third-order valence-electron chi connectivity index (χ3n) is 5.11. The molecule has 0 saturated carbocycles. The van der Waals surface area contributed by atoms with E-state index in [1.807, 2.05) is 48.5 Å². The van der Waals surface area contributed by atoms with Crippen molar-refractivity contribution in [1.82, 2.24) is 14.8 Å². The van der Waals surface area contributed by atoms with E-state index in [1.54, 1.807) is 16.8 Å². The SMILES string of the molecule is O=S(=O)(Nc1nc2n(n1)[C@H](c1ccc(Cl)cc1)C=C(c1ccccc1)N2)c1ccc(Cl)cc1. The molecular weight excluding hydrogens is 481 g/mol. The fourth-order valence-corrected chi connectivity index (χ4v) is 4.70. The van der Waals surface area contributed by atoms with Crippen LogP contribution in [0, 0.1) is 0 Å². The predicted molar refractivity (Wildman–Crippen MR) is 130 cm³/mol. The zero-order chi connectivity index (χ0) is 23.0. The van der Waals surface area contributed by atoms with E-state index in [1.165, 1.54) is 24.3 Å². The van der Waals surface area contributed by atoms with Crippen molar-refractivity contribution >= 4 is 50.8 Å². The first-order chi connectivity index (χ1) is 15.9. The lowest BCUT2D eigenvalue weighted by atomic mass is 10.0. The van der Waals surface area contributed by atoms with Crippen LogP contribution in [0.15, 0.2) is 89.8 Å². The minimum atomic E-state index is -3.89. The second kappa shape index (κ2) is 8.55. The average molecular weight is 498 g/mol. The van der Waals surface area contributed by atoms with Gasteiger partial charge < -0.3 is 5.32 Å². The van der Waals surface area contributed by atoms with Gasteiger partial charge in [0.1, 0.15) is 6.04 Å². The van der Waals surface area contributed by atoms with Gasteiger partial charge in [-0.3, -0.25) is 0 Å². The number of aromatic nitrogens is 3. The normalized spacial score (nSPS) is 15.3. The second-order valence-electron chi connectivity index (χ2n) is 7.33. The highest BCUT2D eigenvalue weighted by Gasteiger charge is 2.27. The number of hydrogen-bond donors (Lipinski definition) is 2. The molecular formula is C23H17Cl2N5O2S. The summed E-state index contributed by atoms with van der Waals surface area (Å²) in [6.45, 7) is 0. The molecule has 1 aromatic heterocycles. The van der Waals surface area contributed by atoms with Gasteiger partial charge in [-0.05, 0) is 53.6 Å². The molecule has 0 spiro atoms. The van der Waals surface area contributed by atoms with E-state index < -0.39 is 10.0 Å². The van der Waals surface area contributed by atoms with Crippen molar-refractivity contribution in [2.45, 2.75) is 10.9 Å². The van der Waals surface area contributed by atoms with Crippen molar-refractivity contribution in [2.24, 2.45) is 0 Å². The van der Waals surface area contributed by atoms with E-state index >= 15 is 0 Å². The van der Waals surface area contributed by atoms with Gasteiger partial charge in [0.05, 0.1) is 4.90 Å². The molecule has 166 valence electrons. The molecule has 0 unspecified atom stereocenters. The largest absolute Gasteiger partial charge is 0.324 e. The first kappa shape index (κ1) is 21.5. The molecule has 0 amide bonds. The Balaban J connectivity index is 1.53. The monoisotopic (exact) mass is 497 g/mol. The smallest absolute Gasteiger partial charge is 0.264 e. The molecule has 4 aromatic rings. The van der Waals surface area contributed by atoms with Crippen molar-refractivity contribution < 1.29 is 8.42 Å². The number of nitrogens with zero attached hydrogens (tertiary/aromatic N) is 3. The van der Waals surface area contributed by atoms with Crippen LogP contribution in [0.25, 0.3) is 5.70 Å². The van der Waals surface area contributed by atoms with Crippen molar-refractivity contribution in [1.29, 1.82) is 0 Å². The number of benzene rings is 3. The molecule has 7 nitrogen and oxygen atoms in total. The van der Waals surface area contributed by atoms with Crippen LogP contribution in [0.4, 0.5) is 11.9 Å². The number of nitrogens with one attached hydrogen (secondary N) is 2. The number of anilines is 2. The summed E-state index contributed by atoms with van der Waals surface area (Å²) in [4.78, 5) is 4.47. The summed E-state index contributed by atoms with van der Waals surface area (Å²) in [5.41, 5.74) is 2.73. The summed E-state index contributed by atoms with van der Waals surface area (Å²) in [6.07, 6.45) is 2.01. The summed E-state index contributed by atoms with van der Waals surface area (Å²) in [6, 6.07) is 22.7. The summed E-state index contributed by atoms with van der Waals surface area (Å²) >= 11 is 11.9. The maximum Gasteiger partial charge on any atom is 0.264 e. The van der Waals surface area contributed by atoms with Gasteiger partial charge in [-0.2, -0.15) is 4.98 Å². The van der Waals surface area contributed by atoms with E-state index in [9.17, 15) is 8.42 Å². The molecule has 0 bridgehead atoms. The maximum atomic E-state index is 12.8. The summed E-state index contributed by atoms with van der Waals surface area (Å²) < 4.78 is 29.7. The standard InChI is InChI=1S/C23H17Cl2N5O2S/c24-17-8-6-16(7-9-17)21-14-20(15-4-2-1-3-5-15)26-23-27-22(28-30(21)23)29-33(31,32)19-12-10-18(25)11-13-19/h1-14,21H,(H2,26,27,28,29)/t21-/m0/s1. The fraction of sp³-hybridized carbons (Fsp3) is 0.0435. The molecule has 10 heteroatoms. The molecule has 33 heavy (non-hydrogen) atoms. The number of fused-ring (bicyclic) bond motifs is 1. The molecule has 0 saturated heterocycles. The number of rotatable bonds is 5. The molecule has 0 aliphatic carbocycles. The van der Waals surface area contributed by atoms with E-state index in [4.69, 9.17) is 23.2 Å². The minimum absolute atomic E-state index is 0.0471. The van der Waals surface area contributed by atoms with Gasteiger partial charge in [-0.25, -0.2) is 17.8 Å². The van der Waals surface area contributed by atoms with Crippen molar-refractivity contribution in [2.75, 3.05) is 10.0 Å². The maximum absolute atomic E-state index is 12.8. The van der Waals surface area contributed by atoms with Crippen molar-refractivity contribution in [3.05, 3.63) is 106 Å². The second-order valence-corrected chi connectivity index (χ2v) is 9.89. The molecule has 2 N–H and O–H groups in total. The van der Waals surface area contributed by atoms with E-state index in [2.05, 4.69) is 20.1 Å². The zero-order valence-electron chi connectivity index (χ0n) is 17.0. The van der Waals surface area contributed by atoms with E-state index in [-0.39, 0.29) is 16.9 Å². The van der Waals surface area contributed by atoms with Crippen LogP contribution in [-0.4, -0.2) is 23.2 Å². The quantitative estimate of drug-likeness (QED) is 0.383. The molecule has 0 fully saturated rings. The third-order valence-corrected chi connectivity index (χ3v) is 6.96. The molecule has 2 heterocycles. The molecule has 1 aliphatic rings. The Morgan fingerprint density at radius 3 is 2.18 bits per heavy atom. The van der Waals surface area contributed by atoms with Crippen LogP contribution in [-0.2, 0) is 10.0 Å². The van der Waals surface area contributed by atoms with Crippen LogP contribution in [0.1, 0.15) is 17.2 Å². The Morgan fingerprint density at radius 1 is 0.879 bits per heavy atom. The molecule has 1 aliphatic heterocycles. The lowest BCUT2D eigenvalue weighted by molar-refractivity contribution is 0.598. The molecule has 3 aromatic carbocycles. The first-order valence-electron chi connectivity index (χ1n) is 9.94. The number of halogens is 2. The van der Waals surface area contributed by atoms with Gasteiger partial charge in [0.2, 0.25) is 5.95 Å². The van der Waals surface area contributed by atoms with Crippen LogP contribution in [0.3, 0.4) is 0 Å².